The maximum Gasteiger partial charge on any atom is 0.228 e. The van der Waals surface area contributed by atoms with Crippen LogP contribution in [0.4, 0.5) is 4.39 Å². The summed E-state index contributed by atoms with van der Waals surface area (Å²) in [5.74, 6) is -0.249. The van der Waals surface area contributed by atoms with Gasteiger partial charge in [0.25, 0.3) is 0 Å². The Morgan fingerprint density at radius 2 is 1.85 bits per heavy atom. The molecule has 3 nitrogen and oxygen atoms in total. The van der Waals surface area contributed by atoms with E-state index in [1.54, 1.807) is 0 Å². The van der Waals surface area contributed by atoms with Gasteiger partial charge in [0.1, 0.15) is 6.17 Å². The minimum absolute atomic E-state index is 0.0451. The zero-order valence-electron chi connectivity index (χ0n) is 7.37. The molecular formula is C9H13FN2O. The molecule has 1 amide bonds. The number of piperidine rings is 1. The smallest absolute Gasteiger partial charge is 0.228 e. The number of piperazine rings is 1. The maximum atomic E-state index is 12.6. The van der Waals surface area contributed by atoms with Crippen LogP contribution in [0.15, 0.2) is 0 Å². The van der Waals surface area contributed by atoms with Crippen molar-refractivity contribution in [2.75, 3.05) is 13.1 Å². The topological polar surface area (TPSA) is 32.3 Å². The Balaban J connectivity index is 1.63. The van der Waals surface area contributed by atoms with Gasteiger partial charge in [-0.25, -0.2) is 4.39 Å². The van der Waals surface area contributed by atoms with Crippen LogP contribution in [-0.2, 0) is 4.79 Å². The lowest BCUT2D eigenvalue weighted by molar-refractivity contribution is -0.137. The van der Waals surface area contributed by atoms with Crippen LogP contribution in [0.1, 0.15) is 12.8 Å². The van der Waals surface area contributed by atoms with Gasteiger partial charge in [-0.15, -0.1) is 0 Å². The molecule has 2 unspecified atom stereocenters. The van der Waals surface area contributed by atoms with E-state index in [-0.39, 0.29) is 11.8 Å². The van der Waals surface area contributed by atoms with Crippen LogP contribution in [0.3, 0.4) is 0 Å². The molecule has 0 aromatic heterocycles. The quantitative estimate of drug-likeness (QED) is 0.618. The van der Waals surface area contributed by atoms with E-state index in [1.165, 1.54) is 6.42 Å². The molecule has 3 aliphatic heterocycles. The van der Waals surface area contributed by atoms with Crippen LogP contribution in [0, 0.1) is 5.92 Å². The predicted octanol–water partition coefficient (Wildman–Crippen LogP) is -0.0829. The van der Waals surface area contributed by atoms with Crippen molar-refractivity contribution in [2.45, 2.75) is 31.1 Å². The van der Waals surface area contributed by atoms with Crippen molar-refractivity contribution in [1.29, 1.82) is 0 Å². The van der Waals surface area contributed by atoms with E-state index >= 15 is 0 Å². The summed E-state index contributed by atoms with van der Waals surface area (Å²) in [4.78, 5) is 13.4. The molecule has 0 aromatic carbocycles. The van der Waals surface area contributed by atoms with Gasteiger partial charge in [0, 0.05) is 25.2 Å². The number of carbonyl (C=O) groups is 1. The van der Waals surface area contributed by atoms with Gasteiger partial charge < -0.3 is 10.2 Å². The van der Waals surface area contributed by atoms with Crippen LogP contribution in [-0.4, -0.2) is 42.2 Å². The molecule has 1 aliphatic carbocycles. The fourth-order valence-electron chi connectivity index (χ4n) is 2.35. The minimum Gasteiger partial charge on any atom is -0.339 e. The van der Waals surface area contributed by atoms with E-state index in [4.69, 9.17) is 0 Å². The molecule has 72 valence electrons. The molecule has 1 N–H and O–H groups in total. The van der Waals surface area contributed by atoms with Crippen LogP contribution in [0.5, 0.6) is 0 Å². The highest BCUT2D eigenvalue weighted by atomic mass is 19.1. The van der Waals surface area contributed by atoms with E-state index in [9.17, 15) is 9.18 Å². The van der Waals surface area contributed by atoms with Gasteiger partial charge in [0.2, 0.25) is 5.91 Å². The molecular weight excluding hydrogens is 171 g/mol. The van der Waals surface area contributed by atoms with Crippen molar-refractivity contribution in [1.82, 2.24) is 10.2 Å². The average Bonchev–Trinajstić information content (AvgIpc) is 2.80. The minimum atomic E-state index is -0.848. The Morgan fingerprint density at radius 1 is 1.31 bits per heavy atom. The van der Waals surface area contributed by atoms with E-state index in [1.807, 2.05) is 4.90 Å². The second kappa shape index (κ2) is 2.44. The molecule has 4 fully saturated rings. The van der Waals surface area contributed by atoms with Crippen molar-refractivity contribution in [2.24, 2.45) is 5.92 Å². The number of halogens is 1. The summed E-state index contributed by atoms with van der Waals surface area (Å²) in [6.45, 7) is 1.58. The van der Waals surface area contributed by atoms with Crippen molar-refractivity contribution in [3.8, 4) is 0 Å². The monoisotopic (exact) mass is 184 g/mol. The summed E-state index contributed by atoms with van der Waals surface area (Å²) in [5, 5.41) is 3.35. The number of hydrogen-bond acceptors (Lipinski definition) is 2. The summed E-state index contributed by atoms with van der Waals surface area (Å²) in [6, 6.07) is 0.971. The fraction of sp³-hybridized carbons (Fsp3) is 0.889. The zero-order chi connectivity index (χ0) is 9.00. The summed E-state index contributed by atoms with van der Waals surface area (Å²) < 4.78 is 12.6. The lowest BCUT2D eigenvalue weighted by Gasteiger charge is -2.48. The number of hydrogen-bond donors (Lipinski definition) is 1. The Morgan fingerprint density at radius 3 is 2.31 bits per heavy atom. The Hall–Kier alpha value is -0.640. The summed E-state index contributed by atoms with van der Waals surface area (Å²) in [5.41, 5.74) is 0. The number of fused-ring (bicyclic) bond motifs is 2. The highest BCUT2D eigenvalue weighted by Gasteiger charge is 2.48. The van der Waals surface area contributed by atoms with E-state index in [0.29, 0.717) is 18.5 Å². The maximum absolute atomic E-state index is 12.6. The van der Waals surface area contributed by atoms with Crippen molar-refractivity contribution < 1.29 is 9.18 Å². The van der Waals surface area contributed by atoms with Gasteiger partial charge in [-0.1, -0.05) is 0 Å². The predicted molar refractivity (Wildman–Crippen MR) is 44.9 cm³/mol. The van der Waals surface area contributed by atoms with Gasteiger partial charge in [0.15, 0.2) is 0 Å². The largest absolute Gasteiger partial charge is 0.339 e. The standard InChI is InChI=1S/C9H13FN2O/c10-8-2-7(8)9(13)12-3-5-1-6(4-12)11-5/h5-8,11H,1-4H2/t5?,6?,7-,8+/m0/s1. The lowest BCUT2D eigenvalue weighted by atomic mass is 9.91. The SMILES string of the molecule is O=C([C@H]1C[C@H]1F)N1CC2CC(C1)N2. The number of nitrogens with zero attached hydrogens (tertiary/aromatic N) is 1. The van der Waals surface area contributed by atoms with Gasteiger partial charge in [0.05, 0.1) is 5.92 Å². The van der Waals surface area contributed by atoms with Crippen LogP contribution in [0.2, 0.25) is 0 Å². The first-order valence-electron chi connectivity index (χ1n) is 4.93. The molecule has 13 heavy (non-hydrogen) atoms. The summed E-state index contributed by atoms with van der Waals surface area (Å²) in [7, 11) is 0. The van der Waals surface area contributed by atoms with E-state index in [0.717, 1.165) is 13.1 Å². The normalized spacial score (nSPS) is 47.0. The van der Waals surface area contributed by atoms with Crippen molar-refractivity contribution >= 4 is 5.91 Å². The fourth-order valence-corrected chi connectivity index (χ4v) is 2.35. The molecule has 3 saturated heterocycles. The Labute approximate surface area is 76.3 Å². The lowest BCUT2D eigenvalue weighted by Crippen LogP contribution is -2.67. The van der Waals surface area contributed by atoms with Gasteiger partial charge >= 0.3 is 0 Å². The van der Waals surface area contributed by atoms with E-state index in [2.05, 4.69) is 5.32 Å². The molecule has 4 rings (SSSR count). The molecule has 3 heterocycles. The summed E-state index contributed by atoms with van der Waals surface area (Å²) in [6.07, 6.45) is 0.796. The molecule has 0 radical (unpaired) electrons. The highest BCUT2D eigenvalue weighted by Crippen LogP contribution is 2.36. The first-order valence-corrected chi connectivity index (χ1v) is 4.93. The molecule has 4 aliphatic rings. The van der Waals surface area contributed by atoms with E-state index < -0.39 is 6.17 Å². The number of amides is 1. The molecule has 0 aromatic rings. The molecule has 1 saturated carbocycles. The second-order valence-corrected chi connectivity index (χ2v) is 4.40. The molecule has 2 bridgehead atoms. The van der Waals surface area contributed by atoms with Crippen LogP contribution < -0.4 is 5.32 Å². The molecule has 0 spiro atoms. The average molecular weight is 184 g/mol. The van der Waals surface area contributed by atoms with Crippen LogP contribution >= 0.6 is 0 Å². The molecule has 4 atom stereocenters. The third-order valence-electron chi connectivity index (χ3n) is 3.26. The Kier molecular flexibility index (Phi) is 1.45. The highest BCUT2D eigenvalue weighted by molar-refractivity contribution is 5.82. The first-order chi connectivity index (χ1) is 6.24. The third-order valence-corrected chi connectivity index (χ3v) is 3.26. The first kappa shape index (κ1) is 7.74. The summed E-state index contributed by atoms with van der Waals surface area (Å²) >= 11 is 0. The van der Waals surface area contributed by atoms with Gasteiger partial charge in [-0.2, -0.15) is 0 Å². The number of rotatable bonds is 1. The number of alkyl halides is 1. The number of carbonyl (C=O) groups excluding carboxylic acids is 1. The Bertz CT molecular complexity index is 242. The zero-order valence-corrected chi connectivity index (χ0v) is 7.37. The van der Waals surface area contributed by atoms with Crippen molar-refractivity contribution in [3.63, 3.8) is 0 Å². The third kappa shape index (κ3) is 1.15. The molecule has 4 heteroatoms. The van der Waals surface area contributed by atoms with Gasteiger partial charge in [-0.3, -0.25) is 4.79 Å². The second-order valence-electron chi connectivity index (χ2n) is 4.40. The van der Waals surface area contributed by atoms with Gasteiger partial charge in [-0.05, 0) is 12.8 Å². The van der Waals surface area contributed by atoms with Crippen LogP contribution in [0.25, 0.3) is 0 Å². The van der Waals surface area contributed by atoms with Crippen molar-refractivity contribution in [3.05, 3.63) is 0 Å². The number of nitrogens with one attached hydrogen (secondary N) is 1.